The number of hydrogen-bond acceptors (Lipinski definition) is 4. The van der Waals surface area contributed by atoms with Crippen LogP contribution in [-0.2, 0) is 19.0 Å². The van der Waals surface area contributed by atoms with E-state index < -0.39 is 0 Å². The molecule has 0 spiro atoms. The Morgan fingerprint density at radius 3 is 3.00 bits per heavy atom. The van der Waals surface area contributed by atoms with Gasteiger partial charge >= 0.3 is 5.97 Å². The van der Waals surface area contributed by atoms with Crippen LogP contribution in [0.15, 0.2) is 12.7 Å². The van der Waals surface area contributed by atoms with Crippen molar-refractivity contribution in [3.8, 4) is 0 Å². The van der Waals surface area contributed by atoms with Gasteiger partial charge in [-0.05, 0) is 32.1 Å². The largest absolute Gasteiger partial charge is 0.469 e. The van der Waals surface area contributed by atoms with Gasteiger partial charge in [-0.3, -0.25) is 4.79 Å². The molecule has 0 aromatic rings. The lowest BCUT2D eigenvalue weighted by Crippen LogP contribution is -2.27. The fourth-order valence-corrected chi connectivity index (χ4v) is 1.80. The zero-order chi connectivity index (χ0) is 12.5. The molecule has 0 bridgehead atoms. The van der Waals surface area contributed by atoms with Gasteiger partial charge in [0, 0.05) is 13.0 Å². The van der Waals surface area contributed by atoms with Crippen molar-refractivity contribution < 1.29 is 19.0 Å². The van der Waals surface area contributed by atoms with Crippen LogP contribution in [0.5, 0.6) is 0 Å². The molecular weight excluding hydrogens is 220 g/mol. The number of carbonyl (C=O) groups excluding carboxylic acids is 1. The third kappa shape index (κ3) is 5.84. The summed E-state index contributed by atoms with van der Waals surface area (Å²) in [6.45, 7) is 4.52. The molecule has 0 saturated carbocycles. The summed E-state index contributed by atoms with van der Waals surface area (Å²) in [5, 5.41) is 0. The average Bonchev–Trinajstić information content (AvgIpc) is 2.38. The summed E-state index contributed by atoms with van der Waals surface area (Å²) in [5.41, 5.74) is 0. The molecule has 1 aliphatic heterocycles. The van der Waals surface area contributed by atoms with Crippen LogP contribution >= 0.6 is 0 Å². The normalized spacial score (nSPS) is 21.8. The fourth-order valence-electron chi connectivity index (χ4n) is 1.80. The second kappa shape index (κ2) is 8.25. The third-order valence-electron chi connectivity index (χ3n) is 2.82. The Balaban J connectivity index is 2.18. The molecule has 4 heteroatoms. The molecule has 17 heavy (non-hydrogen) atoms. The third-order valence-corrected chi connectivity index (χ3v) is 2.82. The number of carbonyl (C=O) groups is 1. The van der Waals surface area contributed by atoms with E-state index in [4.69, 9.17) is 9.47 Å². The van der Waals surface area contributed by atoms with Crippen molar-refractivity contribution in [1.82, 2.24) is 0 Å². The van der Waals surface area contributed by atoms with Gasteiger partial charge in [0.05, 0.1) is 13.2 Å². The van der Waals surface area contributed by atoms with Gasteiger partial charge in [-0.1, -0.05) is 6.08 Å². The van der Waals surface area contributed by atoms with Crippen molar-refractivity contribution in [3.05, 3.63) is 12.7 Å². The predicted molar refractivity (Wildman–Crippen MR) is 64.5 cm³/mol. The molecule has 1 fully saturated rings. The van der Waals surface area contributed by atoms with Crippen molar-refractivity contribution in [1.29, 1.82) is 0 Å². The first-order chi connectivity index (χ1) is 8.26. The second-order valence-electron chi connectivity index (χ2n) is 4.17. The van der Waals surface area contributed by atoms with Crippen molar-refractivity contribution in [2.75, 3.05) is 13.7 Å². The molecule has 0 aromatic heterocycles. The van der Waals surface area contributed by atoms with Crippen LogP contribution in [0.4, 0.5) is 0 Å². The standard InChI is InChI=1S/C13H22O4/c1-3-11(7-6-8-12(14)15-2)17-13-9-4-5-10-16-13/h3,11,13H,1,4-10H2,2H3/t11-,13?/m0/s1. The molecule has 98 valence electrons. The minimum Gasteiger partial charge on any atom is -0.469 e. The molecule has 1 heterocycles. The van der Waals surface area contributed by atoms with Crippen LogP contribution in [0.2, 0.25) is 0 Å². The molecule has 0 radical (unpaired) electrons. The van der Waals surface area contributed by atoms with Gasteiger partial charge in [-0.2, -0.15) is 0 Å². The smallest absolute Gasteiger partial charge is 0.305 e. The lowest BCUT2D eigenvalue weighted by atomic mass is 10.1. The maximum atomic E-state index is 11.0. The highest BCUT2D eigenvalue weighted by molar-refractivity contribution is 5.68. The van der Waals surface area contributed by atoms with Crippen LogP contribution in [-0.4, -0.2) is 32.1 Å². The highest BCUT2D eigenvalue weighted by Crippen LogP contribution is 2.18. The first kappa shape index (κ1) is 14.2. The fraction of sp³-hybridized carbons (Fsp3) is 0.769. The summed E-state index contributed by atoms with van der Waals surface area (Å²) in [7, 11) is 1.40. The first-order valence-electron chi connectivity index (χ1n) is 6.22. The zero-order valence-corrected chi connectivity index (χ0v) is 10.5. The highest BCUT2D eigenvalue weighted by atomic mass is 16.7. The summed E-state index contributed by atoms with van der Waals surface area (Å²) in [4.78, 5) is 11.0. The summed E-state index contributed by atoms with van der Waals surface area (Å²) in [6, 6.07) is 0. The molecule has 1 unspecified atom stereocenters. The number of ether oxygens (including phenoxy) is 3. The van der Waals surface area contributed by atoms with Crippen LogP contribution < -0.4 is 0 Å². The maximum Gasteiger partial charge on any atom is 0.305 e. The number of rotatable bonds is 7. The van der Waals surface area contributed by atoms with Crippen molar-refractivity contribution >= 4 is 5.97 Å². The molecule has 0 aliphatic carbocycles. The summed E-state index contributed by atoms with van der Waals surface area (Å²) in [5.74, 6) is -0.179. The molecule has 0 aromatic carbocycles. The van der Waals surface area contributed by atoms with Crippen LogP contribution in [0.3, 0.4) is 0 Å². The minimum atomic E-state index is -0.179. The topological polar surface area (TPSA) is 44.8 Å². The molecule has 0 N–H and O–H groups in total. The van der Waals surface area contributed by atoms with Gasteiger partial charge in [-0.25, -0.2) is 0 Å². The van der Waals surface area contributed by atoms with E-state index in [0.717, 1.165) is 38.7 Å². The molecule has 0 amide bonds. The van der Waals surface area contributed by atoms with Crippen LogP contribution in [0.25, 0.3) is 0 Å². The lowest BCUT2D eigenvalue weighted by Gasteiger charge is -2.26. The van der Waals surface area contributed by atoms with E-state index in [-0.39, 0.29) is 18.4 Å². The van der Waals surface area contributed by atoms with Crippen molar-refractivity contribution in [2.45, 2.75) is 50.9 Å². The molecule has 2 atom stereocenters. The van der Waals surface area contributed by atoms with Gasteiger partial charge in [0.15, 0.2) is 6.29 Å². The van der Waals surface area contributed by atoms with Gasteiger partial charge in [-0.15, -0.1) is 6.58 Å². The van der Waals surface area contributed by atoms with Gasteiger partial charge < -0.3 is 14.2 Å². The van der Waals surface area contributed by atoms with Gasteiger partial charge in [0.1, 0.15) is 0 Å². The van der Waals surface area contributed by atoms with E-state index in [2.05, 4.69) is 11.3 Å². The first-order valence-corrected chi connectivity index (χ1v) is 6.22. The quantitative estimate of drug-likeness (QED) is 0.508. The molecule has 1 saturated heterocycles. The number of esters is 1. The number of methoxy groups -OCH3 is 1. The van der Waals surface area contributed by atoms with Crippen LogP contribution in [0, 0.1) is 0 Å². The molecule has 4 nitrogen and oxygen atoms in total. The van der Waals surface area contributed by atoms with E-state index in [1.54, 1.807) is 6.08 Å². The highest BCUT2D eigenvalue weighted by Gasteiger charge is 2.18. The summed E-state index contributed by atoms with van der Waals surface area (Å²) in [6.07, 6.45) is 6.78. The van der Waals surface area contributed by atoms with Crippen molar-refractivity contribution in [2.24, 2.45) is 0 Å². The lowest BCUT2D eigenvalue weighted by molar-refractivity contribution is -0.179. The summed E-state index contributed by atoms with van der Waals surface area (Å²) < 4.78 is 15.8. The van der Waals surface area contributed by atoms with Crippen molar-refractivity contribution in [3.63, 3.8) is 0 Å². The Bertz CT molecular complexity index is 234. The second-order valence-corrected chi connectivity index (χ2v) is 4.17. The zero-order valence-electron chi connectivity index (χ0n) is 10.5. The maximum absolute atomic E-state index is 11.0. The monoisotopic (exact) mass is 242 g/mol. The Morgan fingerprint density at radius 2 is 2.41 bits per heavy atom. The van der Waals surface area contributed by atoms with E-state index in [0.29, 0.717) is 6.42 Å². The van der Waals surface area contributed by atoms with E-state index in [9.17, 15) is 4.79 Å². The predicted octanol–water partition coefficient (Wildman–Crippen LogP) is 2.43. The van der Waals surface area contributed by atoms with Crippen LogP contribution in [0.1, 0.15) is 38.5 Å². The average molecular weight is 242 g/mol. The summed E-state index contributed by atoms with van der Waals surface area (Å²) >= 11 is 0. The Hall–Kier alpha value is -0.870. The SMILES string of the molecule is C=C[C@@H](CCCC(=O)OC)OC1CCCCO1. The molecule has 1 rings (SSSR count). The Kier molecular flexibility index (Phi) is 6.89. The van der Waals surface area contributed by atoms with E-state index >= 15 is 0 Å². The molecule has 1 aliphatic rings. The minimum absolute atomic E-state index is 0.0391. The molecular formula is C13H22O4. The number of hydrogen-bond donors (Lipinski definition) is 0. The van der Waals surface area contributed by atoms with Gasteiger partial charge in [0.25, 0.3) is 0 Å². The van der Waals surface area contributed by atoms with E-state index in [1.165, 1.54) is 7.11 Å². The Labute approximate surface area is 103 Å². The Morgan fingerprint density at radius 1 is 1.59 bits per heavy atom. The van der Waals surface area contributed by atoms with Gasteiger partial charge in [0.2, 0.25) is 0 Å². The van der Waals surface area contributed by atoms with E-state index in [1.807, 2.05) is 0 Å².